The number of hydrogen-bond acceptors (Lipinski definition) is 5. The van der Waals surface area contributed by atoms with Crippen LogP contribution in [0.5, 0.6) is 11.5 Å². The first kappa shape index (κ1) is 26.1. The fourth-order valence-corrected chi connectivity index (χ4v) is 4.18. The maximum Gasteiger partial charge on any atom is 0.511 e. The average Bonchev–Trinajstić information content (AvgIpc) is 2.83. The number of carbonyl (C=O) groups is 1. The summed E-state index contributed by atoms with van der Waals surface area (Å²) in [6.45, 7) is 13.0. The molecule has 0 unspecified atom stereocenters. The van der Waals surface area contributed by atoms with Crippen LogP contribution in [0.25, 0.3) is 22.3 Å². The number of aliphatic hydroxyl groups excluding tert-OH is 1. The number of aliphatic hydroxyl groups is 1. The fraction of sp³-hybridized carbons (Fsp3) is 0.345. The standard InChI is InChI=1S/C29H35NO5/c1-6-30(7-2)26-14-10-22(19-25(26)29(3,4)5)24-18-21(11-15-27(24)34-17-16-31)20-8-12-23(13-9-20)35-28(32)33/h8-15,18-19,31H,6-7,16-17H2,1-5H3,(H,32,33). The molecule has 6 nitrogen and oxygen atoms in total. The predicted octanol–water partition coefficient (Wildman–Crippen LogP) is 6.59. The molecule has 0 amide bonds. The summed E-state index contributed by atoms with van der Waals surface area (Å²) in [6.07, 6.45) is -1.34. The predicted molar refractivity (Wildman–Crippen MR) is 141 cm³/mol. The zero-order chi connectivity index (χ0) is 25.6. The lowest BCUT2D eigenvalue weighted by molar-refractivity contribution is 0.144. The topological polar surface area (TPSA) is 79.2 Å². The zero-order valence-electron chi connectivity index (χ0n) is 21.2. The van der Waals surface area contributed by atoms with Gasteiger partial charge in [0.1, 0.15) is 18.1 Å². The molecule has 0 heterocycles. The first-order chi connectivity index (χ1) is 16.7. The van der Waals surface area contributed by atoms with Gasteiger partial charge in [0, 0.05) is 24.3 Å². The zero-order valence-corrected chi connectivity index (χ0v) is 21.2. The smallest absolute Gasteiger partial charge is 0.491 e. The SMILES string of the molecule is CCN(CC)c1ccc(-c2cc(-c3ccc(OC(=O)O)cc3)ccc2OCCO)cc1C(C)(C)C. The van der Waals surface area contributed by atoms with Crippen LogP contribution in [0, 0.1) is 0 Å². The molecule has 186 valence electrons. The largest absolute Gasteiger partial charge is 0.511 e. The van der Waals surface area contributed by atoms with Crippen LogP contribution in [0.1, 0.15) is 40.2 Å². The Morgan fingerprint density at radius 3 is 2.09 bits per heavy atom. The van der Waals surface area contributed by atoms with Gasteiger partial charge in [0.05, 0.1) is 6.61 Å². The minimum atomic E-state index is -1.34. The molecule has 0 radical (unpaired) electrons. The first-order valence-electron chi connectivity index (χ1n) is 12.0. The summed E-state index contributed by atoms with van der Waals surface area (Å²) in [7, 11) is 0. The lowest BCUT2D eigenvalue weighted by Gasteiger charge is -2.31. The van der Waals surface area contributed by atoms with Crippen LogP contribution in [-0.4, -0.2) is 42.7 Å². The number of ether oxygens (including phenoxy) is 2. The highest BCUT2D eigenvalue weighted by atomic mass is 16.7. The molecule has 0 bridgehead atoms. The van der Waals surface area contributed by atoms with Gasteiger partial charge in [0.25, 0.3) is 0 Å². The molecule has 0 fully saturated rings. The van der Waals surface area contributed by atoms with E-state index in [1.807, 2.05) is 24.3 Å². The Labute approximate surface area is 207 Å². The molecule has 0 spiro atoms. The van der Waals surface area contributed by atoms with Crippen molar-refractivity contribution in [3.63, 3.8) is 0 Å². The van der Waals surface area contributed by atoms with Crippen LogP contribution in [0.15, 0.2) is 60.7 Å². The van der Waals surface area contributed by atoms with E-state index in [1.54, 1.807) is 12.1 Å². The summed E-state index contributed by atoms with van der Waals surface area (Å²) in [6, 6.07) is 19.4. The van der Waals surface area contributed by atoms with Gasteiger partial charge in [-0.25, -0.2) is 4.79 Å². The highest BCUT2D eigenvalue weighted by molar-refractivity contribution is 5.80. The maximum atomic E-state index is 10.8. The Hall–Kier alpha value is -3.51. The molecule has 0 aliphatic rings. The third-order valence-electron chi connectivity index (χ3n) is 5.94. The lowest BCUT2D eigenvalue weighted by Crippen LogP contribution is -2.26. The minimum absolute atomic E-state index is 0.0579. The highest BCUT2D eigenvalue weighted by Crippen LogP contribution is 2.40. The van der Waals surface area contributed by atoms with Gasteiger partial charge in [-0.3, -0.25) is 0 Å². The van der Waals surface area contributed by atoms with Gasteiger partial charge in [-0.15, -0.1) is 0 Å². The molecule has 0 aromatic heterocycles. The Balaban J connectivity index is 2.12. The number of carboxylic acid groups (broad SMARTS) is 1. The van der Waals surface area contributed by atoms with Gasteiger partial charge in [-0.05, 0) is 77.9 Å². The normalized spacial score (nSPS) is 11.3. The number of hydrogen-bond donors (Lipinski definition) is 2. The molecular formula is C29H35NO5. The van der Waals surface area contributed by atoms with Crippen molar-refractivity contribution in [1.29, 1.82) is 0 Å². The van der Waals surface area contributed by atoms with Crippen LogP contribution in [0.4, 0.5) is 10.5 Å². The summed E-state index contributed by atoms with van der Waals surface area (Å²) in [5, 5.41) is 18.2. The van der Waals surface area contributed by atoms with Crippen molar-refractivity contribution >= 4 is 11.8 Å². The van der Waals surface area contributed by atoms with Crippen molar-refractivity contribution < 1.29 is 24.5 Å². The van der Waals surface area contributed by atoms with E-state index in [2.05, 4.69) is 63.8 Å². The van der Waals surface area contributed by atoms with Crippen molar-refractivity contribution in [3.8, 4) is 33.8 Å². The third-order valence-corrected chi connectivity index (χ3v) is 5.94. The van der Waals surface area contributed by atoms with Crippen LogP contribution >= 0.6 is 0 Å². The maximum absolute atomic E-state index is 10.8. The third kappa shape index (κ3) is 6.34. The lowest BCUT2D eigenvalue weighted by atomic mass is 9.83. The van der Waals surface area contributed by atoms with Crippen LogP contribution in [0.3, 0.4) is 0 Å². The molecule has 0 saturated heterocycles. The summed E-state index contributed by atoms with van der Waals surface area (Å²) < 4.78 is 10.6. The monoisotopic (exact) mass is 477 g/mol. The Morgan fingerprint density at radius 1 is 0.886 bits per heavy atom. The van der Waals surface area contributed by atoms with Crippen molar-refractivity contribution in [2.24, 2.45) is 0 Å². The van der Waals surface area contributed by atoms with Crippen LogP contribution < -0.4 is 14.4 Å². The number of nitrogens with zero attached hydrogens (tertiary/aromatic N) is 1. The number of benzene rings is 3. The van der Waals surface area contributed by atoms with Crippen molar-refractivity contribution in [1.82, 2.24) is 0 Å². The average molecular weight is 478 g/mol. The van der Waals surface area contributed by atoms with E-state index in [0.717, 1.165) is 35.3 Å². The fourth-order valence-electron chi connectivity index (χ4n) is 4.18. The van der Waals surface area contributed by atoms with Crippen molar-refractivity contribution in [2.75, 3.05) is 31.2 Å². The Kier molecular flexibility index (Phi) is 8.41. The quantitative estimate of drug-likeness (QED) is 0.267. The summed E-state index contributed by atoms with van der Waals surface area (Å²) >= 11 is 0. The molecular weight excluding hydrogens is 442 g/mol. The van der Waals surface area contributed by atoms with Gasteiger partial charge in [-0.2, -0.15) is 0 Å². The summed E-state index contributed by atoms with van der Waals surface area (Å²) in [5.41, 5.74) is 6.28. The molecule has 0 atom stereocenters. The Bertz CT molecular complexity index is 1140. The number of anilines is 1. The van der Waals surface area contributed by atoms with Crippen molar-refractivity contribution in [2.45, 2.75) is 40.0 Å². The van der Waals surface area contributed by atoms with E-state index in [0.29, 0.717) is 5.75 Å². The van der Waals surface area contributed by atoms with Crippen LogP contribution in [0.2, 0.25) is 0 Å². The van der Waals surface area contributed by atoms with Gasteiger partial charge in [-0.1, -0.05) is 45.0 Å². The molecule has 6 heteroatoms. The second kappa shape index (κ2) is 11.3. The van der Waals surface area contributed by atoms with Crippen LogP contribution in [-0.2, 0) is 5.41 Å². The second-order valence-electron chi connectivity index (χ2n) is 9.33. The molecule has 3 aromatic rings. The molecule has 35 heavy (non-hydrogen) atoms. The molecule has 3 aromatic carbocycles. The van der Waals surface area contributed by atoms with Gasteiger partial charge in [0.15, 0.2) is 0 Å². The minimum Gasteiger partial charge on any atom is -0.491 e. The second-order valence-corrected chi connectivity index (χ2v) is 9.33. The summed E-state index contributed by atoms with van der Waals surface area (Å²) in [4.78, 5) is 13.2. The number of rotatable bonds is 9. The van der Waals surface area contributed by atoms with E-state index in [9.17, 15) is 9.90 Å². The summed E-state index contributed by atoms with van der Waals surface area (Å²) in [5.74, 6) is 0.968. The molecule has 0 aliphatic carbocycles. The molecule has 3 rings (SSSR count). The van der Waals surface area contributed by atoms with E-state index in [-0.39, 0.29) is 24.4 Å². The van der Waals surface area contributed by atoms with E-state index in [4.69, 9.17) is 14.6 Å². The van der Waals surface area contributed by atoms with Gasteiger partial charge in [0.2, 0.25) is 0 Å². The van der Waals surface area contributed by atoms with Gasteiger partial charge >= 0.3 is 6.16 Å². The van der Waals surface area contributed by atoms with E-state index < -0.39 is 6.16 Å². The molecule has 0 saturated carbocycles. The first-order valence-corrected chi connectivity index (χ1v) is 12.0. The molecule has 2 N–H and O–H groups in total. The Morgan fingerprint density at radius 2 is 1.51 bits per heavy atom. The molecule has 0 aliphatic heterocycles. The van der Waals surface area contributed by atoms with E-state index >= 15 is 0 Å². The van der Waals surface area contributed by atoms with E-state index in [1.165, 1.54) is 11.3 Å². The van der Waals surface area contributed by atoms with Crippen molar-refractivity contribution in [3.05, 3.63) is 66.2 Å². The highest BCUT2D eigenvalue weighted by Gasteiger charge is 2.22. The van der Waals surface area contributed by atoms with Gasteiger partial charge < -0.3 is 24.6 Å².